The number of hydrogen-bond donors (Lipinski definition) is 9. The van der Waals surface area contributed by atoms with Crippen molar-refractivity contribution in [2.75, 3.05) is 35.2 Å². The summed E-state index contributed by atoms with van der Waals surface area (Å²) in [6.45, 7) is 35.4. The number of likely N-dealkylation sites (N-methyl/N-ethyl adjacent to an activating group) is 5. The van der Waals surface area contributed by atoms with E-state index >= 15 is 0 Å². The molecule has 0 spiro atoms. The van der Waals surface area contributed by atoms with Gasteiger partial charge in [0.25, 0.3) is 0 Å². The molecule has 0 atom stereocenters. The molecule has 52 heavy (non-hydrogen) atoms. The van der Waals surface area contributed by atoms with Crippen molar-refractivity contribution in [3.05, 3.63) is 63.3 Å². The number of aliphatic hydroxyl groups excluding tert-OH is 1. The molecular formula is C31H52KN6O2S2W10-9. The number of nitrogens with one attached hydrogen (secondary N) is 5. The molecule has 0 fully saturated rings. The number of thiol groups is 2. The van der Waals surface area contributed by atoms with Crippen molar-refractivity contribution in [3.8, 4) is 0 Å². The Hall–Kier alpha value is 6.30. The molecule has 0 amide bonds. The smallest absolute Gasteiger partial charge is 0.870 e. The number of rotatable bonds is 10. The monoisotopic (exact) mass is 2480 g/mol. The van der Waals surface area contributed by atoms with Crippen LogP contribution in [0.4, 0.5) is 0 Å². The van der Waals surface area contributed by atoms with Crippen LogP contribution >= 0.6 is 25.3 Å². The Morgan fingerprint density at radius 3 is 0.673 bits per heavy atom. The van der Waals surface area contributed by atoms with Crippen LogP contribution in [0.3, 0.4) is 0 Å². The van der Waals surface area contributed by atoms with Gasteiger partial charge in [-0.1, -0.05) is 20.8 Å². The van der Waals surface area contributed by atoms with Gasteiger partial charge in [0.2, 0.25) is 0 Å². The van der Waals surface area contributed by atoms with Gasteiger partial charge in [-0.25, -0.2) is 0 Å². The molecule has 0 heterocycles. The summed E-state index contributed by atoms with van der Waals surface area (Å²) in [4.78, 5) is 0. The second-order valence-corrected chi connectivity index (χ2v) is 22.6. The third-order valence-corrected chi connectivity index (χ3v) is 8.10. The van der Waals surface area contributed by atoms with Crippen LogP contribution < -0.4 is 83.7 Å². The zero-order valence-corrected chi connectivity index (χ0v) is 65.5. The van der Waals surface area contributed by atoms with Crippen molar-refractivity contribution < 1.29 is 257 Å². The standard InChI is InChI=1S/5C4H6N.C4H10S.2C2H3.CH2N.CHO.CHS.K.H2O.10W/c5*1-3-4-5-2;1-4(2,3)5;5*1-2;;;;;;;;;;;;/h5*1,3,5H,2H3;5H,1-3H3;2*1H3;2H2;2*2H;;1H2;;;;;;;;;;/q5*-1;;5*-1;+1;;;;;;;;;;;. The zero-order chi connectivity index (χ0) is 43.0. The van der Waals surface area contributed by atoms with E-state index in [2.05, 4.69) is 95.4 Å². The fraction of sp³-hybridized carbons (Fsp3) is 0.355. The van der Waals surface area contributed by atoms with Crippen LogP contribution in [0.1, 0.15) is 36.0 Å². The Kier molecular flexibility index (Phi) is 182. The molecule has 300 valence electrons. The van der Waals surface area contributed by atoms with Crippen molar-refractivity contribution in [2.45, 2.75) is 39.4 Å². The summed E-state index contributed by atoms with van der Waals surface area (Å²) in [5, 5.41) is 21.8. The largest absolute Gasteiger partial charge is 1.00 e. The van der Waals surface area contributed by atoms with E-state index in [9.17, 15) is 0 Å². The summed E-state index contributed by atoms with van der Waals surface area (Å²) < 4.78 is 17.9. The van der Waals surface area contributed by atoms with Gasteiger partial charge < -0.3 is 5.48 Å². The first kappa shape index (κ1) is 93.3. The molecule has 0 aromatic heterocycles. The molecule has 0 unspecified atom stereocenters. The Morgan fingerprint density at radius 2 is 0.673 bits per heavy atom. The SMILES string of the molecule is CC(C)(C)S.C[C-]=[W].C[C-]=[W].N[C-]=[W].O[C-]=[W].S[C-]=[W].[CH-]=C[C](=[W])NC.[CH-]=C[C](=[W])NC.[CH-]=C[C](=[W])NC.[CH-]=C[C](=[W])NC.[CH-]=C[C](=[W])NC.[H+].[K+].[OH-]. The van der Waals surface area contributed by atoms with E-state index in [4.69, 9.17) is 38.0 Å². The number of hydrogen-bond acceptors (Lipinski definition) is 10. The number of nitrogens with two attached hydrogens (primary N) is 1. The normalized spacial score (nSPS) is 6.73. The summed E-state index contributed by atoms with van der Waals surface area (Å²) in [5.41, 5.74) is 4.63. The molecule has 8 nitrogen and oxygen atoms in total. The van der Waals surface area contributed by atoms with Crippen molar-refractivity contribution in [2.24, 2.45) is 5.73 Å². The molecular weight excluding hydrogens is 2430 g/mol. The summed E-state index contributed by atoms with van der Waals surface area (Å²) in [7, 11) is 9.26. The topological polar surface area (TPSA) is 136 Å². The van der Waals surface area contributed by atoms with E-state index in [1.165, 1.54) is 174 Å². The van der Waals surface area contributed by atoms with Crippen LogP contribution in [0.5, 0.6) is 0 Å². The van der Waals surface area contributed by atoms with Gasteiger partial charge >= 0.3 is 451 Å². The molecule has 0 aliphatic heterocycles. The molecule has 0 bridgehead atoms. The van der Waals surface area contributed by atoms with Gasteiger partial charge in [0, 0.05) is 4.75 Å². The predicted octanol–water partition coefficient (Wildman–Crippen LogP) is -2.75. The molecule has 0 aromatic rings. The van der Waals surface area contributed by atoms with Gasteiger partial charge in [-0.05, 0) is 0 Å². The summed E-state index contributed by atoms with van der Waals surface area (Å²) in [5.74, 6) is 0. The van der Waals surface area contributed by atoms with Crippen molar-refractivity contribution in [3.63, 3.8) is 0 Å². The van der Waals surface area contributed by atoms with Crippen LogP contribution in [-0.4, -0.2) is 92.3 Å². The van der Waals surface area contributed by atoms with Crippen LogP contribution in [0.15, 0.2) is 30.4 Å². The van der Waals surface area contributed by atoms with Gasteiger partial charge in [-0.2, -0.15) is 12.6 Å². The second-order valence-electron chi connectivity index (χ2n) is 6.78. The fourth-order valence-corrected chi connectivity index (χ4v) is 0.417. The van der Waals surface area contributed by atoms with Crippen molar-refractivity contribution >= 4 is 67.0 Å². The van der Waals surface area contributed by atoms with Gasteiger partial charge in [0.1, 0.15) is 0 Å². The average molecular weight is 2480 g/mol. The molecule has 0 radical (unpaired) electrons. The predicted molar refractivity (Wildman–Crippen MR) is 198 cm³/mol. The first-order chi connectivity index (χ1) is 23.1. The maximum atomic E-state index is 7.36. The fourth-order valence-electron chi connectivity index (χ4n) is 0.417. The van der Waals surface area contributed by atoms with Crippen LogP contribution in [0.25, 0.3) is 0 Å². The third kappa shape index (κ3) is 249. The molecule has 9 N–H and O–H groups in total. The van der Waals surface area contributed by atoms with Crippen LogP contribution in [0.2, 0.25) is 0 Å². The molecule has 21 heteroatoms. The molecule has 0 aliphatic rings. The maximum Gasteiger partial charge on any atom is 1.00 e. The average Bonchev–Trinajstić information content (AvgIpc) is 3.08. The summed E-state index contributed by atoms with van der Waals surface area (Å²) in [6.07, 6.45) is 7.82. The minimum Gasteiger partial charge on any atom is -0.870 e. The first-order valence-electron chi connectivity index (χ1n) is 12.4. The Balaban J connectivity index is -0.0000000265. The quantitative estimate of drug-likeness (QED) is 0.0499. The van der Waals surface area contributed by atoms with E-state index in [-0.39, 0.29) is 63.0 Å². The molecule has 0 aromatic carbocycles. The Labute approximate surface area is 484 Å². The molecule has 0 aliphatic carbocycles. The Morgan fingerprint density at radius 1 is 0.615 bits per heavy atom. The van der Waals surface area contributed by atoms with Crippen LogP contribution in [-0.2, 0) is 194 Å². The maximum absolute atomic E-state index is 7.36. The third-order valence-electron chi connectivity index (χ3n) is 1.99. The summed E-state index contributed by atoms with van der Waals surface area (Å²) in [6, 6.07) is 0. The summed E-state index contributed by atoms with van der Waals surface area (Å²) >= 11 is 20.9. The van der Waals surface area contributed by atoms with E-state index in [0.29, 0.717) is 0 Å². The second kappa shape index (κ2) is 102. The van der Waals surface area contributed by atoms with Crippen molar-refractivity contribution in [1.29, 1.82) is 0 Å². The molecule has 0 saturated carbocycles. The van der Waals surface area contributed by atoms with E-state index in [0.717, 1.165) is 39.5 Å². The molecule has 0 saturated heterocycles. The zero-order valence-electron chi connectivity index (χ0n) is 32.2. The van der Waals surface area contributed by atoms with Gasteiger partial charge in [0.15, 0.2) is 0 Å². The first-order valence-corrected chi connectivity index (χ1v) is 27.9. The Bertz CT molecular complexity index is 764. The van der Waals surface area contributed by atoms with E-state index < -0.39 is 0 Å². The van der Waals surface area contributed by atoms with Gasteiger partial charge in [-0.15, -0.1) is 0 Å². The van der Waals surface area contributed by atoms with Crippen molar-refractivity contribution in [1.82, 2.24) is 26.6 Å². The molecule has 0 rings (SSSR count). The van der Waals surface area contributed by atoms with E-state index in [1.54, 1.807) is 30.4 Å². The van der Waals surface area contributed by atoms with E-state index in [1.807, 2.05) is 53.7 Å². The minimum atomic E-state index is 0. The van der Waals surface area contributed by atoms with Gasteiger partial charge in [-0.3, -0.25) is 0 Å². The van der Waals surface area contributed by atoms with Crippen LogP contribution in [0, 0.1) is 32.9 Å². The van der Waals surface area contributed by atoms with Gasteiger partial charge in [0.05, 0.1) is 0 Å². The number of aliphatic hydroxyl groups is 1. The minimum absolute atomic E-state index is 0.